The minimum absolute atomic E-state index is 0.891. The molecule has 1 aliphatic heterocycles. The maximum atomic E-state index is 5.47. The van der Waals surface area contributed by atoms with E-state index in [1.807, 2.05) is 18.2 Å². The monoisotopic (exact) mass is 336 g/mol. The van der Waals surface area contributed by atoms with Crippen LogP contribution in [0.5, 0.6) is 0 Å². The average Bonchev–Trinajstić information content (AvgIpc) is 3.25. The third-order valence-electron chi connectivity index (χ3n) is 4.90. The molecule has 5 heteroatoms. The van der Waals surface area contributed by atoms with Gasteiger partial charge in [0.15, 0.2) is 0 Å². The first kappa shape index (κ1) is 16.0. The van der Waals surface area contributed by atoms with E-state index in [9.17, 15) is 0 Å². The molecule has 0 atom stereocenters. The number of hydrogen-bond acceptors (Lipinski definition) is 4. The number of piperazine rings is 1. The van der Waals surface area contributed by atoms with Gasteiger partial charge in [-0.05, 0) is 38.1 Å². The van der Waals surface area contributed by atoms with E-state index in [1.165, 1.54) is 11.4 Å². The zero-order valence-corrected chi connectivity index (χ0v) is 14.9. The number of nitrogens with zero attached hydrogens (tertiary/aromatic N) is 4. The van der Waals surface area contributed by atoms with Crippen molar-refractivity contribution in [2.24, 2.45) is 0 Å². The van der Waals surface area contributed by atoms with Gasteiger partial charge in [0, 0.05) is 26.2 Å². The lowest BCUT2D eigenvalue weighted by Gasteiger charge is -2.35. The van der Waals surface area contributed by atoms with Crippen molar-refractivity contribution < 1.29 is 4.42 Å². The van der Waals surface area contributed by atoms with Crippen LogP contribution < -0.4 is 4.90 Å². The number of rotatable bonds is 4. The van der Waals surface area contributed by atoms with Crippen LogP contribution in [-0.4, -0.2) is 40.9 Å². The second-order valence-electron chi connectivity index (χ2n) is 6.61. The fraction of sp³-hybridized carbons (Fsp3) is 0.350. The normalized spacial score (nSPS) is 15.7. The number of aryl methyl sites for hydroxylation is 1. The lowest BCUT2D eigenvalue weighted by Crippen LogP contribution is -2.46. The molecule has 1 fully saturated rings. The summed E-state index contributed by atoms with van der Waals surface area (Å²) in [5.41, 5.74) is 4.70. The van der Waals surface area contributed by atoms with Crippen molar-refractivity contribution in [2.45, 2.75) is 20.4 Å². The Kier molecular flexibility index (Phi) is 4.32. The number of aromatic nitrogens is 2. The van der Waals surface area contributed by atoms with E-state index in [1.54, 1.807) is 6.26 Å². The van der Waals surface area contributed by atoms with Crippen LogP contribution in [0, 0.1) is 13.8 Å². The average molecular weight is 336 g/mol. The van der Waals surface area contributed by atoms with Crippen LogP contribution in [0.2, 0.25) is 0 Å². The molecule has 0 amide bonds. The second-order valence-corrected chi connectivity index (χ2v) is 6.61. The summed E-state index contributed by atoms with van der Waals surface area (Å²) >= 11 is 0. The van der Waals surface area contributed by atoms with Gasteiger partial charge >= 0.3 is 0 Å². The van der Waals surface area contributed by atoms with Crippen LogP contribution in [0.3, 0.4) is 0 Å². The van der Waals surface area contributed by atoms with Crippen molar-refractivity contribution in [2.75, 3.05) is 31.1 Å². The van der Waals surface area contributed by atoms with Crippen LogP contribution >= 0.6 is 0 Å². The summed E-state index contributed by atoms with van der Waals surface area (Å²) < 4.78 is 7.53. The Morgan fingerprint density at radius 2 is 1.72 bits per heavy atom. The molecule has 25 heavy (non-hydrogen) atoms. The first-order valence-electron chi connectivity index (χ1n) is 8.83. The lowest BCUT2D eigenvalue weighted by molar-refractivity contribution is 0.230. The molecule has 1 aromatic carbocycles. The van der Waals surface area contributed by atoms with Crippen LogP contribution in [0.25, 0.3) is 5.69 Å². The van der Waals surface area contributed by atoms with E-state index >= 15 is 0 Å². The molecule has 130 valence electrons. The molecule has 3 aromatic rings. The van der Waals surface area contributed by atoms with Crippen LogP contribution in [-0.2, 0) is 6.54 Å². The number of furan rings is 1. The van der Waals surface area contributed by atoms with Gasteiger partial charge in [-0.3, -0.25) is 4.90 Å². The first-order valence-corrected chi connectivity index (χ1v) is 8.83. The molecule has 0 radical (unpaired) electrons. The van der Waals surface area contributed by atoms with Gasteiger partial charge in [-0.15, -0.1) is 0 Å². The van der Waals surface area contributed by atoms with E-state index in [-0.39, 0.29) is 0 Å². The standard InChI is InChI=1S/C20H24N4O/c1-16-20(17(2)24(21-16)18-7-4-3-5-8-18)23-12-10-22(11-13-23)15-19-9-6-14-25-19/h3-9,14H,10-13,15H2,1-2H3. The predicted molar refractivity (Wildman–Crippen MR) is 99.2 cm³/mol. The minimum atomic E-state index is 0.891. The molecule has 0 N–H and O–H groups in total. The largest absolute Gasteiger partial charge is 0.468 e. The summed E-state index contributed by atoms with van der Waals surface area (Å²) in [5, 5.41) is 4.78. The summed E-state index contributed by atoms with van der Waals surface area (Å²) in [6.07, 6.45) is 1.75. The molecule has 1 aliphatic rings. The number of hydrogen-bond donors (Lipinski definition) is 0. The van der Waals surface area contributed by atoms with Crippen LogP contribution in [0.15, 0.2) is 53.1 Å². The highest BCUT2D eigenvalue weighted by Gasteiger charge is 2.23. The third-order valence-corrected chi connectivity index (χ3v) is 4.90. The van der Waals surface area contributed by atoms with E-state index in [0.29, 0.717) is 0 Å². The Morgan fingerprint density at radius 1 is 0.960 bits per heavy atom. The van der Waals surface area contributed by atoms with Crippen molar-refractivity contribution in [3.63, 3.8) is 0 Å². The van der Waals surface area contributed by atoms with E-state index in [4.69, 9.17) is 9.52 Å². The van der Waals surface area contributed by atoms with Gasteiger partial charge in [-0.2, -0.15) is 5.10 Å². The highest BCUT2D eigenvalue weighted by atomic mass is 16.3. The highest BCUT2D eigenvalue weighted by molar-refractivity contribution is 5.57. The molecule has 0 bridgehead atoms. The highest BCUT2D eigenvalue weighted by Crippen LogP contribution is 2.27. The van der Waals surface area contributed by atoms with Gasteiger partial charge in [0.1, 0.15) is 5.76 Å². The topological polar surface area (TPSA) is 37.4 Å². The minimum Gasteiger partial charge on any atom is -0.468 e. The van der Waals surface area contributed by atoms with Crippen molar-refractivity contribution in [3.05, 3.63) is 65.9 Å². The zero-order valence-electron chi connectivity index (χ0n) is 14.9. The number of para-hydroxylation sites is 1. The Bertz CT molecular complexity index is 815. The van der Waals surface area contributed by atoms with E-state index in [0.717, 1.165) is 49.9 Å². The van der Waals surface area contributed by atoms with Crippen LogP contribution in [0.1, 0.15) is 17.1 Å². The van der Waals surface area contributed by atoms with Crippen LogP contribution in [0.4, 0.5) is 5.69 Å². The molecule has 0 unspecified atom stereocenters. The maximum Gasteiger partial charge on any atom is 0.117 e. The van der Waals surface area contributed by atoms with Gasteiger partial charge < -0.3 is 9.32 Å². The van der Waals surface area contributed by atoms with Crippen molar-refractivity contribution in [1.29, 1.82) is 0 Å². The molecule has 2 aromatic heterocycles. The number of anilines is 1. The van der Waals surface area contributed by atoms with Gasteiger partial charge in [0.2, 0.25) is 0 Å². The van der Waals surface area contributed by atoms with Gasteiger partial charge in [0.05, 0.1) is 35.6 Å². The molecule has 3 heterocycles. The van der Waals surface area contributed by atoms with Crippen molar-refractivity contribution >= 4 is 5.69 Å². The smallest absolute Gasteiger partial charge is 0.117 e. The molecule has 0 saturated carbocycles. The predicted octanol–water partition coefficient (Wildman–Crippen LogP) is 3.40. The van der Waals surface area contributed by atoms with Crippen molar-refractivity contribution in [3.8, 4) is 5.69 Å². The maximum absolute atomic E-state index is 5.47. The molecule has 0 spiro atoms. The zero-order chi connectivity index (χ0) is 17.2. The van der Waals surface area contributed by atoms with Gasteiger partial charge in [-0.25, -0.2) is 4.68 Å². The SMILES string of the molecule is Cc1nn(-c2ccccc2)c(C)c1N1CCN(Cc2ccco2)CC1. The Hall–Kier alpha value is -2.53. The third kappa shape index (κ3) is 3.20. The first-order chi connectivity index (χ1) is 12.2. The fourth-order valence-electron chi connectivity index (χ4n) is 3.67. The molecule has 1 saturated heterocycles. The molecule has 5 nitrogen and oxygen atoms in total. The van der Waals surface area contributed by atoms with Gasteiger partial charge in [-0.1, -0.05) is 18.2 Å². The molecule has 0 aliphatic carbocycles. The Morgan fingerprint density at radius 3 is 2.40 bits per heavy atom. The summed E-state index contributed by atoms with van der Waals surface area (Å²) in [6, 6.07) is 14.3. The van der Waals surface area contributed by atoms with Gasteiger partial charge in [0.25, 0.3) is 0 Å². The summed E-state index contributed by atoms with van der Waals surface area (Å²) in [7, 11) is 0. The molecular formula is C20H24N4O. The summed E-state index contributed by atoms with van der Waals surface area (Å²) in [5.74, 6) is 1.04. The Labute approximate surface area is 148 Å². The van der Waals surface area contributed by atoms with Crippen molar-refractivity contribution in [1.82, 2.24) is 14.7 Å². The molecule has 4 rings (SSSR count). The van der Waals surface area contributed by atoms with E-state index in [2.05, 4.69) is 52.6 Å². The van der Waals surface area contributed by atoms with E-state index < -0.39 is 0 Å². The Balaban J connectivity index is 1.49. The fourth-order valence-corrected chi connectivity index (χ4v) is 3.67. The lowest BCUT2D eigenvalue weighted by atomic mass is 10.2. The summed E-state index contributed by atoms with van der Waals surface area (Å²) in [4.78, 5) is 4.91. The quantitative estimate of drug-likeness (QED) is 0.732. The number of benzene rings is 1. The second kappa shape index (κ2) is 6.76. The summed E-state index contributed by atoms with van der Waals surface area (Å²) in [6.45, 7) is 9.27. The molecular weight excluding hydrogens is 312 g/mol.